The van der Waals surface area contributed by atoms with Crippen LogP contribution in [-0.2, 0) is 29.1 Å². The Morgan fingerprint density at radius 1 is 1.08 bits per heavy atom. The monoisotopic (exact) mass is 357 g/mol. The number of benzene rings is 1. The molecule has 24 heavy (non-hydrogen) atoms. The van der Waals surface area contributed by atoms with E-state index < -0.39 is 35.1 Å². The molecule has 0 aliphatic heterocycles. The number of ether oxygens (including phenoxy) is 2. The van der Waals surface area contributed by atoms with E-state index in [4.69, 9.17) is 4.74 Å². The molecule has 1 rings (SSSR count). The normalized spacial score (nSPS) is 11.2. The highest BCUT2D eigenvalue weighted by Crippen LogP contribution is 2.10. The summed E-state index contributed by atoms with van der Waals surface area (Å²) in [6, 6.07) is 5.25. The van der Waals surface area contributed by atoms with Gasteiger partial charge in [-0.1, -0.05) is 12.1 Å². The number of hydrogen-bond acceptors (Lipinski definition) is 7. The number of rotatable bonds is 8. The molecule has 9 heteroatoms. The van der Waals surface area contributed by atoms with E-state index in [1.807, 2.05) is 4.72 Å². The number of carbonyl (C=O) groups excluding carboxylic acids is 3. The van der Waals surface area contributed by atoms with Crippen LogP contribution in [0.2, 0.25) is 0 Å². The van der Waals surface area contributed by atoms with E-state index in [-0.39, 0.29) is 16.8 Å². The Bertz CT molecular complexity index is 708. The maximum atomic E-state index is 12.0. The standard InChI is InChI=1S/C15H19NO7S/c1-10(2)23-15(19)9-22-14(18)8-16-24(20,21)13-6-4-12(5-7-13)11(3)17/h4-7,10,16H,8-9H2,1-3H3. The van der Waals surface area contributed by atoms with Gasteiger partial charge in [0.25, 0.3) is 0 Å². The first-order valence-electron chi connectivity index (χ1n) is 7.07. The quantitative estimate of drug-likeness (QED) is 0.537. The van der Waals surface area contributed by atoms with Crippen LogP contribution in [0.15, 0.2) is 29.2 Å². The van der Waals surface area contributed by atoms with Gasteiger partial charge in [0.2, 0.25) is 10.0 Å². The molecule has 1 aromatic rings. The van der Waals surface area contributed by atoms with Crippen molar-refractivity contribution in [3.63, 3.8) is 0 Å². The first kappa shape index (κ1) is 19.8. The minimum atomic E-state index is -3.93. The van der Waals surface area contributed by atoms with Crippen LogP contribution in [0.4, 0.5) is 0 Å². The summed E-state index contributed by atoms with van der Waals surface area (Å²) in [6.07, 6.45) is -0.340. The lowest BCUT2D eigenvalue weighted by atomic mass is 10.2. The Kier molecular flexibility index (Phi) is 7.05. The molecule has 1 N–H and O–H groups in total. The first-order valence-corrected chi connectivity index (χ1v) is 8.56. The zero-order chi connectivity index (χ0) is 18.3. The van der Waals surface area contributed by atoms with Gasteiger partial charge in [-0.15, -0.1) is 0 Å². The molecular weight excluding hydrogens is 338 g/mol. The summed E-state index contributed by atoms with van der Waals surface area (Å²) in [7, 11) is -3.93. The van der Waals surface area contributed by atoms with Crippen LogP contribution in [0.5, 0.6) is 0 Å². The smallest absolute Gasteiger partial charge is 0.344 e. The molecule has 0 heterocycles. The molecule has 0 fully saturated rings. The molecular formula is C15H19NO7S. The number of nitrogens with one attached hydrogen (secondary N) is 1. The first-order chi connectivity index (χ1) is 11.1. The molecule has 1 aromatic carbocycles. The molecule has 0 spiro atoms. The molecule has 132 valence electrons. The Labute approximate surface area is 140 Å². The Balaban J connectivity index is 2.54. The predicted octanol–water partition coefficient (Wildman–Crippen LogP) is 0.662. The molecule has 0 aliphatic rings. The third-order valence-corrected chi connectivity index (χ3v) is 4.11. The van der Waals surface area contributed by atoms with Crippen LogP contribution in [0, 0.1) is 0 Å². The summed E-state index contributed by atoms with van der Waals surface area (Å²) < 4.78 is 35.4. The van der Waals surface area contributed by atoms with E-state index >= 15 is 0 Å². The van der Waals surface area contributed by atoms with E-state index in [0.29, 0.717) is 5.56 Å². The van der Waals surface area contributed by atoms with Gasteiger partial charge < -0.3 is 9.47 Å². The average molecular weight is 357 g/mol. The maximum Gasteiger partial charge on any atom is 0.344 e. The van der Waals surface area contributed by atoms with Crippen molar-refractivity contribution >= 4 is 27.7 Å². The molecule has 0 saturated heterocycles. The second-order valence-corrected chi connectivity index (χ2v) is 6.87. The van der Waals surface area contributed by atoms with Gasteiger partial charge in [0.15, 0.2) is 12.4 Å². The van der Waals surface area contributed by atoms with Crippen LogP contribution in [0.25, 0.3) is 0 Å². The molecule has 0 saturated carbocycles. The van der Waals surface area contributed by atoms with Crippen molar-refractivity contribution in [2.45, 2.75) is 31.8 Å². The number of Topliss-reactive ketones (excluding diaryl/α,β-unsaturated/α-hetero) is 1. The van der Waals surface area contributed by atoms with Gasteiger partial charge in [0.05, 0.1) is 11.0 Å². The second kappa shape index (κ2) is 8.55. The largest absolute Gasteiger partial charge is 0.460 e. The van der Waals surface area contributed by atoms with Crippen LogP contribution in [0.1, 0.15) is 31.1 Å². The molecule has 0 amide bonds. The molecule has 0 unspecified atom stereocenters. The van der Waals surface area contributed by atoms with E-state index in [1.54, 1.807) is 13.8 Å². The Morgan fingerprint density at radius 2 is 1.67 bits per heavy atom. The summed E-state index contributed by atoms with van der Waals surface area (Å²) in [4.78, 5) is 33.7. The number of ketones is 1. The SMILES string of the molecule is CC(=O)c1ccc(S(=O)(=O)NCC(=O)OCC(=O)OC(C)C)cc1. The zero-order valence-electron chi connectivity index (χ0n) is 13.6. The van der Waals surface area contributed by atoms with E-state index in [0.717, 1.165) is 0 Å². The molecule has 0 bridgehead atoms. The highest BCUT2D eigenvalue weighted by molar-refractivity contribution is 7.89. The number of hydrogen-bond donors (Lipinski definition) is 1. The van der Waals surface area contributed by atoms with Crippen LogP contribution in [-0.4, -0.2) is 45.4 Å². The summed E-state index contributed by atoms with van der Waals surface area (Å²) in [5.74, 6) is -1.83. The minimum absolute atomic E-state index is 0.0977. The summed E-state index contributed by atoms with van der Waals surface area (Å²) in [5.41, 5.74) is 0.372. The number of sulfonamides is 1. The van der Waals surface area contributed by atoms with Crippen molar-refractivity contribution in [1.29, 1.82) is 0 Å². The van der Waals surface area contributed by atoms with Gasteiger partial charge in [-0.3, -0.25) is 9.59 Å². The topological polar surface area (TPSA) is 116 Å². The van der Waals surface area contributed by atoms with E-state index in [1.165, 1.54) is 31.2 Å². The van der Waals surface area contributed by atoms with Crippen molar-refractivity contribution in [2.24, 2.45) is 0 Å². The van der Waals surface area contributed by atoms with Crippen LogP contribution in [0.3, 0.4) is 0 Å². The maximum absolute atomic E-state index is 12.0. The fraction of sp³-hybridized carbons (Fsp3) is 0.400. The molecule has 0 aliphatic carbocycles. The van der Waals surface area contributed by atoms with Crippen molar-refractivity contribution in [3.05, 3.63) is 29.8 Å². The average Bonchev–Trinajstić information content (AvgIpc) is 2.50. The lowest BCUT2D eigenvalue weighted by molar-refractivity contribution is -0.160. The second-order valence-electron chi connectivity index (χ2n) is 5.10. The van der Waals surface area contributed by atoms with Gasteiger partial charge in [0, 0.05) is 5.56 Å². The van der Waals surface area contributed by atoms with Gasteiger partial charge in [-0.2, -0.15) is 4.72 Å². The van der Waals surface area contributed by atoms with Crippen molar-refractivity contribution in [3.8, 4) is 0 Å². The molecule has 0 atom stereocenters. The Hall–Kier alpha value is -2.26. The van der Waals surface area contributed by atoms with Crippen molar-refractivity contribution < 1.29 is 32.3 Å². The zero-order valence-corrected chi connectivity index (χ0v) is 14.4. The van der Waals surface area contributed by atoms with Gasteiger partial charge >= 0.3 is 11.9 Å². The molecule has 8 nitrogen and oxygen atoms in total. The Morgan fingerprint density at radius 3 is 2.17 bits per heavy atom. The number of esters is 2. The third kappa shape index (κ3) is 6.47. The highest BCUT2D eigenvalue weighted by Gasteiger charge is 2.17. The fourth-order valence-electron chi connectivity index (χ4n) is 1.59. The molecule has 0 radical (unpaired) electrons. The lowest BCUT2D eigenvalue weighted by Gasteiger charge is -2.09. The van der Waals surface area contributed by atoms with Gasteiger partial charge in [-0.25, -0.2) is 13.2 Å². The molecule has 0 aromatic heterocycles. The van der Waals surface area contributed by atoms with Crippen LogP contribution >= 0.6 is 0 Å². The predicted molar refractivity (Wildman–Crippen MR) is 83.8 cm³/mol. The van der Waals surface area contributed by atoms with Crippen molar-refractivity contribution in [2.75, 3.05) is 13.2 Å². The van der Waals surface area contributed by atoms with Gasteiger partial charge in [0.1, 0.15) is 6.54 Å². The summed E-state index contributed by atoms with van der Waals surface area (Å²) >= 11 is 0. The third-order valence-electron chi connectivity index (χ3n) is 2.70. The summed E-state index contributed by atoms with van der Waals surface area (Å²) in [5, 5.41) is 0. The lowest BCUT2D eigenvalue weighted by Crippen LogP contribution is -2.32. The van der Waals surface area contributed by atoms with E-state index in [9.17, 15) is 22.8 Å². The highest BCUT2D eigenvalue weighted by atomic mass is 32.2. The van der Waals surface area contributed by atoms with Crippen molar-refractivity contribution in [1.82, 2.24) is 4.72 Å². The summed E-state index contributed by atoms with van der Waals surface area (Å²) in [6.45, 7) is 3.43. The van der Waals surface area contributed by atoms with Crippen LogP contribution < -0.4 is 4.72 Å². The minimum Gasteiger partial charge on any atom is -0.460 e. The number of carbonyl (C=O) groups is 3. The fourth-order valence-corrected chi connectivity index (χ4v) is 2.56. The van der Waals surface area contributed by atoms with Gasteiger partial charge in [-0.05, 0) is 32.9 Å². The van der Waals surface area contributed by atoms with E-state index in [2.05, 4.69) is 4.74 Å².